The van der Waals surface area contributed by atoms with Crippen molar-refractivity contribution >= 4 is 22.2 Å². The van der Waals surface area contributed by atoms with Crippen molar-refractivity contribution in [1.82, 2.24) is 29.9 Å². The number of aromatic amines is 1. The summed E-state index contributed by atoms with van der Waals surface area (Å²) < 4.78 is 15.7. The van der Waals surface area contributed by atoms with E-state index in [2.05, 4.69) is 51.9 Å². The molecule has 0 aromatic carbocycles. The normalized spacial score (nSPS) is 12.2. The monoisotopic (exact) mass is 406 g/mol. The van der Waals surface area contributed by atoms with Gasteiger partial charge in [-0.15, -0.1) is 0 Å². The number of aromatic nitrogens is 5. The van der Waals surface area contributed by atoms with E-state index in [1.165, 1.54) is 13.8 Å². The summed E-state index contributed by atoms with van der Waals surface area (Å²) in [5, 5.41) is 8.45. The third-order valence-electron chi connectivity index (χ3n) is 4.95. The maximum absolute atomic E-state index is 13.9. The van der Waals surface area contributed by atoms with Crippen LogP contribution in [0, 0.1) is 5.92 Å². The van der Waals surface area contributed by atoms with Crippen molar-refractivity contribution in [2.24, 2.45) is 5.92 Å². The van der Waals surface area contributed by atoms with Gasteiger partial charge in [0.2, 0.25) is 0 Å². The van der Waals surface area contributed by atoms with Crippen molar-refractivity contribution in [3.8, 4) is 11.1 Å². The number of halogens is 1. The Kier molecular flexibility index (Phi) is 5.05. The van der Waals surface area contributed by atoms with Crippen molar-refractivity contribution in [3.63, 3.8) is 0 Å². The Bertz CT molecular complexity index is 1210. The van der Waals surface area contributed by atoms with Crippen LogP contribution >= 0.6 is 0 Å². The molecule has 0 atom stereocenters. The summed E-state index contributed by atoms with van der Waals surface area (Å²) in [6.07, 6.45) is 8.35. The molecule has 0 aliphatic heterocycles. The van der Waals surface area contributed by atoms with Gasteiger partial charge in [0, 0.05) is 53.8 Å². The van der Waals surface area contributed by atoms with E-state index < -0.39 is 5.67 Å². The molecule has 4 aromatic heterocycles. The van der Waals surface area contributed by atoms with Crippen LogP contribution in [0.25, 0.3) is 33.4 Å². The first-order chi connectivity index (χ1) is 14.2. The topological polar surface area (TPSA) is 70.9 Å². The van der Waals surface area contributed by atoms with Gasteiger partial charge in [-0.25, -0.2) is 18.9 Å². The van der Waals surface area contributed by atoms with Crippen LogP contribution in [0.3, 0.4) is 0 Å². The summed E-state index contributed by atoms with van der Waals surface area (Å²) >= 11 is 0. The fraction of sp³-hybridized carbons (Fsp3) is 0.348. The summed E-state index contributed by atoms with van der Waals surface area (Å²) in [7, 11) is 0. The molecule has 0 bridgehead atoms. The van der Waals surface area contributed by atoms with E-state index in [9.17, 15) is 4.39 Å². The number of hydrogen-bond donors (Lipinski definition) is 2. The summed E-state index contributed by atoms with van der Waals surface area (Å²) in [6, 6.07) is 4.07. The van der Waals surface area contributed by atoms with Gasteiger partial charge in [0.15, 0.2) is 0 Å². The average molecular weight is 407 g/mol. The molecule has 0 saturated heterocycles. The number of nitrogens with one attached hydrogen (secondary N) is 2. The molecule has 4 rings (SSSR count). The van der Waals surface area contributed by atoms with Crippen LogP contribution < -0.4 is 5.32 Å². The molecular weight excluding hydrogens is 379 g/mol. The van der Waals surface area contributed by atoms with E-state index in [-0.39, 0.29) is 6.54 Å². The highest BCUT2D eigenvalue weighted by Gasteiger charge is 2.17. The highest BCUT2D eigenvalue weighted by atomic mass is 19.1. The molecule has 30 heavy (non-hydrogen) atoms. The maximum atomic E-state index is 13.9. The van der Waals surface area contributed by atoms with Gasteiger partial charge >= 0.3 is 0 Å². The van der Waals surface area contributed by atoms with Gasteiger partial charge in [-0.3, -0.25) is 0 Å². The predicted molar refractivity (Wildman–Crippen MR) is 119 cm³/mol. The third kappa shape index (κ3) is 4.06. The van der Waals surface area contributed by atoms with Crippen molar-refractivity contribution in [1.29, 1.82) is 0 Å². The molecular formula is C23H27FN6. The predicted octanol–water partition coefficient (Wildman–Crippen LogP) is 4.78. The molecule has 2 N–H and O–H groups in total. The van der Waals surface area contributed by atoms with Crippen molar-refractivity contribution in [2.45, 2.75) is 39.8 Å². The van der Waals surface area contributed by atoms with E-state index in [4.69, 9.17) is 0 Å². The third-order valence-corrected chi connectivity index (χ3v) is 4.95. The van der Waals surface area contributed by atoms with E-state index in [0.29, 0.717) is 11.6 Å². The zero-order chi connectivity index (χ0) is 21.5. The van der Waals surface area contributed by atoms with E-state index in [1.54, 1.807) is 10.7 Å². The summed E-state index contributed by atoms with van der Waals surface area (Å²) in [5.41, 5.74) is 3.95. The van der Waals surface area contributed by atoms with Gasteiger partial charge in [-0.2, -0.15) is 5.10 Å². The minimum absolute atomic E-state index is 0.182. The van der Waals surface area contributed by atoms with Gasteiger partial charge in [0.1, 0.15) is 17.1 Å². The lowest BCUT2D eigenvalue weighted by Gasteiger charge is -2.17. The Labute approximate surface area is 175 Å². The van der Waals surface area contributed by atoms with Gasteiger partial charge in [0.25, 0.3) is 0 Å². The van der Waals surface area contributed by atoms with Crippen LogP contribution in [-0.4, -0.2) is 36.8 Å². The van der Waals surface area contributed by atoms with Crippen molar-refractivity contribution in [2.75, 3.05) is 6.54 Å². The number of fused-ring (bicyclic) bond motifs is 2. The molecule has 4 aromatic rings. The Balaban J connectivity index is 1.69. The molecule has 0 spiro atoms. The van der Waals surface area contributed by atoms with Crippen LogP contribution in [0.5, 0.6) is 0 Å². The highest BCUT2D eigenvalue weighted by Crippen LogP contribution is 2.30. The van der Waals surface area contributed by atoms with Crippen LogP contribution in [0.2, 0.25) is 0 Å². The van der Waals surface area contributed by atoms with Crippen LogP contribution in [0.4, 0.5) is 4.39 Å². The fourth-order valence-electron chi connectivity index (χ4n) is 3.44. The Morgan fingerprint density at radius 1 is 1.33 bits per heavy atom. The first-order valence-corrected chi connectivity index (χ1v) is 10.1. The van der Waals surface area contributed by atoms with Crippen molar-refractivity contribution in [3.05, 3.63) is 54.9 Å². The molecule has 0 radical (unpaired) electrons. The molecule has 0 aliphatic carbocycles. The number of alkyl halides is 1. The smallest absolute Gasteiger partial charge is 0.141 e. The number of rotatable bonds is 7. The molecule has 0 fully saturated rings. The van der Waals surface area contributed by atoms with E-state index in [0.717, 1.165) is 45.5 Å². The Morgan fingerprint density at radius 2 is 2.13 bits per heavy atom. The molecule has 6 nitrogen and oxygen atoms in total. The lowest BCUT2D eigenvalue weighted by atomic mass is 10.1. The second-order valence-electron chi connectivity index (χ2n) is 8.70. The number of pyridine rings is 1. The molecule has 0 amide bonds. The summed E-state index contributed by atoms with van der Waals surface area (Å²) in [5.74, 6) is 1.35. The number of nitrogens with zero attached hydrogens (tertiary/aromatic N) is 4. The SMILES string of the molecule is C=C(NCC(C)(C)F)c1cnn2ccc(-c3c[nH]c4nc(CC(C)C)ncc34)cc12. The molecule has 0 unspecified atom stereocenters. The minimum atomic E-state index is -1.32. The standard InChI is InChI=1S/C23H27FN6/c1-14(2)8-21-25-11-19-18(10-26-22(19)29-21)16-6-7-30-20(9-16)17(12-28-30)15(3)27-13-23(4,5)24/h6-7,9-12,14,27H,3,8,13H2,1-2,4-5H3,(H,25,26,29). The lowest BCUT2D eigenvalue weighted by Crippen LogP contribution is -2.29. The van der Waals surface area contributed by atoms with Gasteiger partial charge in [0.05, 0.1) is 11.7 Å². The lowest BCUT2D eigenvalue weighted by molar-refractivity contribution is 0.219. The zero-order valence-electron chi connectivity index (χ0n) is 17.8. The molecule has 4 heterocycles. The average Bonchev–Trinajstić information content (AvgIpc) is 3.28. The van der Waals surface area contributed by atoms with Crippen LogP contribution in [-0.2, 0) is 6.42 Å². The molecule has 0 saturated carbocycles. The van der Waals surface area contributed by atoms with E-state index >= 15 is 0 Å². The highest BCUT2D eigenvalue weighted by molar-refractivity contribution is 5.94. The number of H-pyrrole nitrogens is 1. The zero-order valence-corrected chi connectivity index (χ0v) is 17.8. The minimum Gasteiger partial charge on any atom is -0.382 e. The second-order valence-corrected chi connectivity index (χ2v) is 8.70. The van der Waals surface area contributed by atoms with Gasteiger partial charge in [-0.05, 0) is 37.5 Å². The Hall–Kier alpha value is -3.22. The molecule has 156 valence electrons. The molecule has 0 aliphatic rings. The van der Waals surface area contributed by atoms with E-state index in [1.807, 2.05) is 24.7 Å². The van der Waals surface area contributed by atoms with Crippen LogP contribution in [0.1, 0.15) is 39.1 Å². The second kappa shape index (κ2) is 7.55. The summed E-state index contributed by atoms with van der Waals surface area (Å²) in [4.78, 5) is 12.5. The van der Waals surface area contributed by atoms with Gasteiger partial charge < -0.3 is 10.3 Å². The van der Waals surface area contributed by atoms with Crippen molar-refractivity contribution < 1.29 is 4.39 Å². The first kappa shape index (κ1) is 20.1. The molecule has 7 heteroatoms. The fourth-order valence-corrected chi connectivity index (χ4v) is 3.44. The quantitative estimate of drug-likeness (QED) is 0.463. The first-order valence-electron chi connectivity index (χ1n) is 10.1. The maximum Gasteiger partial charge on any atom is 0.141 e. The largest absolute Gasteiger partial charge is 0.382 e. The number of hydrogen-bond acceptors (Lipinski definition) is 4. The van der Waals surface area contributed by atoms with Gasteiger partial charge in [-0.1, -0.05) is 20.4 Å². The van der Waals surface area contributed by atoms with Crippen LogP contribution in [0.15, 0.2) is 43.5 Å². The Morgan fingerprint density at radius 3 is 2.87 bits per heavy atom. The summed E-state index contributed by atoms with van der Waals surface area (Å²) in [6.45, 7) is 11.6.